The molecule has 0 saturated carbocycles. The molecule has 0 aliphatic heterocycles. The second-order valence-electron chi connectivity index (χ2n) is 6.80. The Kier molecular flexibility index (Phi) is 5.45. The summed E-state index contributed by atoms with van der Waals surface area (Å²) in [6.07, 6.45) is 3.58. The minimum absolute atomic E-state index is 0.160. The number of halogens is 1. The van der Waals surface area contributed by atoms with Crippen molar-refractivity contribution in [3.63, 3.8) is 0 Å². The molecule has 144 valence electrons. The Bertz CT molecular complexity index is 1100. The second kappa shape index (κ2) is 8.33. The third-order valence-corrected chi connectivity index (χ3v) is 5.10. The van der Waals surface area contributed by atoms with E-state index in [0.717, 1.165) is 22.5 Å². The highest BCUT2D eigenvalue weighted by Gasteiger charge is 2.21. The van der Waals surface area contributed by atoms with Gasteiger partial charge in [0.1, 0.15) is 11.9 Å². The van der Waals surface area contributed by atoms with Gasteiger partial charge in [-0.15, -0.1) is 0 Å². The molecule has 4 aromatic rings. The summed E-state index contributed by atoms with van der Waals surface area (Å²) in [5, 5.41) is 3.75. The van der Waals surface area contributed by atoms with Crippen molar-refractivity contribution < 1.29 is 4.79 Å². The van der Waals surface area contributed by atoms with Crippen LogP contribution in [0.5, 0.6) is 0 Å². The normalized spacial score (nSPS) is 11.8. The first kappa shape index (κ1) is 19.0. The standard InChI is InChI=1S/C24H20ClN3O/c1-28-16-15-26-23(28)22(19-11-13-21(25)14-12-19)27-24(29)20-9-7-18(8-10-20)17-5-3-2-4-6-17/h2-16,22H,1H3,(H,27,29)/t22-/m0/s1. The average molecular weight is 402 g/mol. The summed E-state index contributed by atoms with van der Waals surface area (Å²) in [4.78, 5) is 17.4. The first-order valence-corrected chi connectivity index (χ1v) is 9.68. The van der Waals surface area contributed by atoms with Gasteiger partial charge in [0, 0.05) is 30.0 Å². The maximum atomic E-state index is 13.0. The molecule has 0 saturated heterocycles. The highest BCUT2D eigenvalue weighted by Crippen LogP contribution is 2.24. The predicted octanol–water partition coefficient (Wildman–Crippen LogP) is 5.26. The Labute approximate surface area is 174 Å². The highest BCUT2D eigenvalue weighted by atomic mass is 35.5. The highest BCUT2D eigenvalue weighted by molar-refractivity contribution is 6.30. The second-order valence-corrected chi connectivity index (χ2v) is 7.23. The van der Waals surface area contributed by atoms with Gasteiger partial charge in [-0.25, -0.2) is 4.98 Å². The molecule has 1 heterocycles. The summed E-state index contributed by atoms with van der Waals surface area (Å²) in [5.74, 6) is 0.592. The lowest BCUT2D eigenvalue weighted by Gasteiger charge is -2.19. The summed E-state index contributed by atoms with van der Waals surface area (Å²) >= 11 is 6.03. The van der Waals surface area contributed by atoms with E-state index in [2.05, 4.69) is 10.3 Å². The summed E-state index contributed by atoms with van der Waals surface area (Å²) in [6, 6.07) is 24.7. The molecule has 0 aliphatic carbocycles. The zero-order valence-corrected chi connectivity index (χ0v) is 16.7. The van der Waals surface area contributed by atoms with Crippen LogP contribution >= 0.6 is 11.6 Å². The lowest BCUT2D eigenvalue weighted by molar-refractivity contribution is 0.0941. The average Bonchev–Trinajstić information content (AvgIpc) is 3.19. The molecule has 4 rings (SSSR count). The van der Waals surface area contributed by atoms with E-state index in [9.17, 15) is 4.79 Å². The van der Waals surface area contributed by atoms with E-state index < -0.39 is 0 Å². The third kappa shape index (κ3) is 4.23. The van der Waals surface area contributed by atoms with Crippen LogP contribution in [-0.4, -0.2) is 15.5 Å². The zero-order valence-electron chi connectivity index (χ0n) is 15.9. The third-order valence-electron chi connectivity index (χ3n) is 4.85. The zero-order chi connectivity index (χ0) is 20.2. The number of carbonyl (C=O) groups excluding carboxylic acids is 1. The number of nitrogens with zero attached hydrogens (tertiary/aromatic N) is 2. The molecular formula is C24H20ClN3O. The molecule has 1 atom stereocenters. The maximum Gasteiger partial charge on any atom is 0.252 e. The molecular weight excluding hydrogens is 382 g/mol. The van der Waals surface area contributed by atoms with E-state index in [-0.39, 0.29) is 11.9 Å². The van der Waals surface area contributed by atoms with Crippen LogP contribution in [0.3, 0.4) is 0 Å². The van der Waals surface area contributed by atoms with Crippen LogP contribution < -0.4 is 5.32 Å². The topological polar surface area (TPSA) is 46.9 Å². The van der Waals surface area contributed by atoms with Crippen molar-refractivity contribution in [3.05, 3.63) is 113 Å². The number of nitrogens with one attached hydrogen (secondary N) is 1. The maximum absolute atomic E-state index is 13.0. The van der Waals surface area contributed by atoms with Gasteiger partial charge in [-0.2, -0.15) is 0 Å². The van der Waals surface area contributed by atoms with Gasteiger partial charge < -0.3 is 9.88 Å². The minimum Gasteiger partial charge on any atom is -0.338 e. The number of benzene rings is 3. The molecule has 0 bridgehead atoms. The summed E-state index contributed by atoms with van der Waals surface area (Å²) in [6.45, 7) is 0. The fourth-order valence-corrected chi connectivity index (χ4v) is 3.39. The number of hydrogen-bond donors (Lipinski definition) is 1. The first-order valence-electron chi connectivity index (χ1n) is 9.31. The fraction of sp³-hybridized carbons (Fsp3) is 0.0833. The molecule has 5 heteroatoms. The van der Waals surface area contributed by atoms with E-state index in [4.69, 9.17) is 11.6 Å². The molecule has 29 heavy (non-hydrogen) atoms. The van der Waals surface area contributed by atoms with E-state index in [1.807, 2.05) is 96.7 Å². The lowest BCUT2D eigenvalue weighted by Crippen LogP contribution is -2.31. The van der Waals surface area contributed by atoms with Crippen LogP contribution in [0.4, 0.5) is 0 Å². The van der Waals surface area contributed by atoms with Crippen LogP contribution in [0.1, 0.15) is 27.8 Å². The predicted molar refractivity (Wildman–Crippen MR) is 116 cm³/mol. The molecule has 0 fully saturated rings. The summed E-state index contributed by atoms with van der Waals surface area (Å²) in [7, 11) is 1.91. The molecule has 0 unspecified atom stereocenters. The number of aromatic nitrogens is 2. The first-order chi connectivity index (χ1) is 14.1. The molecule has 0 spiro atoms. The lowest BCUT2D eigenvalue weighted by atomic mass is 10.0. The Hall–Kier alpha value is -3.37. The smallest absolute Gasteiger partial charge is 0.252 e. The van der Waals surface area contributed by atoms with E-state index in [1.54, 1.807) is 6.20 Å². The van der Waals surface area contributed by atoms with Crippen LogP contribution in [-0.2, 0) is 7.05 Å². The number of amides is 1. The Morgan fingerprint density at radius 2 is 1.59 bits per heavy atom. The molecule has 1 amide bonds. The van der Waals surface area contributed by atoms with Gasteiger partial charge in [0.25, 0.3) is 5.91 Å². The van der Waals surface area contributed by atoms with Gasteiger partial charge in [0.05, 0.1) is 0 Å². The van der Waals surface area contributed by atoms with Crippen molar-refractivity contribution in [3.8, 4) is 11.1 Å². The van der Waals surface area contributed by atoms with Crippen LogP contribution in [0.15, 0.2) is 91.3 Å². The summed E-state index contributed by atoms with van der Waals surface area (Å²) < 4.78 is 1.90. The van der Waals surface area contributed by atoms with Gasteiger partial charge in [-0.3, -0.25) is 4.79 Å². The number of rotatable bonds is 5. The van der Waals surface area contributed by atoms with Crippen molar-refractivity contribution in [2.45, 2.75) is 6.04 Å². The van der Waals surface area contributed by atoms with Crippen molar-refractivity contribution in [2.24, 2.45) is 7.05 Å². The van der Waals surface area contributed by atoms with Crippen molar-refractivity contribution in [1.82, 2.24) is 14.9 Å². The summed E-state index contributed by atoms with van der Waals surface area (Å²) in [5.41, 5.74) is 3.70. The number of carbonyl (C=O) groups is 1. The van der Waals surface area contributed by atoms with Crippen molar-refractivity contribution in [2.75, 3.05) is 0 Å². The fourth-order valence-electron chi connectivity index (χ4n) is 3.27. The minimum atomic E-state index is -0.381. The molecule has 4 nitrogen and oxygen atoms in total. The van der Waals surface area contributed by atoms with Crippen molar-refractivity contribution in [1.29, 1.82) is 0 Å². The molecule has 0 radical (unpaired) electrons. The van der Waals surface area contributed by atoms with Gasteiger partial charge in [-0.1, -0.05) is 66.2 Å². The van der Waals surface area contributed by atoms with Crippen LogP contribution in [0.25, 0.3) is 11.1 Å². The van der Waals surface area contributed by atoms with E-state index in [0.29, 0.717) is 10.6 Å². The molecule has 3 aromatic carbocycles. The number of imidazole rings is 1. The SMILES string of the molecule is Cn1ccnc1[C@@H](NC(=O)c1ccc(-c2ccccc2)cc1)c1ccc(Cl)cc1. The Morgan fingerprint density at radius 3 is 2.21 bits per heavy atom. The van der Waals surface area contributed by atoms with Gasteiger partial charge in [0.15, 0.2) is 0 Å². The Balaban J connectivity index is 1.60. The van der Waals surface area contributed by atoms with Crippen molar-refractivity contribution >= 4 is 17.5 Å². The van der Waals surface area contributed by atoms with Gasteiger partial charge in [-0.05, 0) is 41.0 Å². The van der Waals surface area contributed by atoms with E-state index in [1.165, 1.54) is 0 Å². The molecule has 0 aliphatic rings. The molecule has 1 N–H and O–H groups in total. The quantitative estimate of drug-likeness (QED) is 0.495. The Morgan fingerprint density at radius 1 is 0.931 bits per heavy atom. The monoisotopic (exact) mass is 401 g/mol. The van der Waals surface area contributed by atoms with Crippen LogP contribution in [0, 0.1) is 0 Å². The van der Waals surface area contributed by atoms with Gasteiger partial charge in [0.2, 0.25) is 0 Å². The largest absolute Gasteiger partial charge is 0.338 e. The van der Waals surface area contributed by atoms with E-state index >= 15 is 0 Å². The molecule has 1 aromatic heterocycles. The number of hydrogen-bond acceptors (Lipinski definition) is 2. The van der Waals surface area contributed by atoms with Crippen LogP contribution in [0.2, 0.25) is 5.02 Å². The van der Waals surface area contributed by atoms with Gasteiger partial charge >= 0.3 is 0 Å². The number of aryl methyl sites for hydroxylation is 1.